The van der Waals surface area contributed by atoms with Crippen LogP contribution in [0.2, 0.25) is 0 Å². The van der Waals surface area contributed by atoms with Gasteiger partial charge in [-0.05, 0) is 37.3 Å². The van der Waals surface area contributed by atoms with Crippen LogP contribution in [0, 0.1) is 5.92 Å². The Balaban J connectivity index is 1.15. The van der Waals surface area contributed by atoms with E-state index in [1.807, 2.05) is 23.1 Å². The minimum absolute atomic E-state index is 0.131. The second-order valence-corrected chi connectivity index (χ2v) is 9.82. The van der Waals surface area contributed by atoms with Crippen molar-refractivity contribution in [3.05, 3.63) is 29.3 Å². The molecule has 5 nitrogen and oxygen atoms in total. The Labute approximate surface area is 170 Å². The number of aryl methyl sites for hydroxylation is 1. The minimum Gasteiger partial charge on any atom is -0.370 e. The Morgan fingerprint density at radius 1 is 1.25 bits per heavy atom. The van der Waals surface area contributed by atoms with Gasteiger partial charge in [0.25, 0.3) is 0 Å². The molecule has 1 aromatic carbocycles. The number of hydrogen-bond acceptors (Lipinski definition) is 5. The molecule has 2 aliphatic heterocycles. The molecule has 1 atom stereocenters. The van der Waals surface area contributed by atoms with Crippen LogP contribution in [0.15, 0.2) is 24.3 Å². The molecule has 5 rings (SSSR count). The van der Waals surface area contributed by atoms with Gasteiger partial charge in [-0.2, -0.15) is 0 Å². The van der Waals surface area contributed by atoms with Gasteiger partial charge >= 0.3 is 0 Å². The van der Waals surface area contributed by atoms with E-state index in [-0.39, 0.29) is 11.5 Å². The lowest BCUT2D eigenvalue weighted by Gasteiger charge is -2.42. The number of para-hydroxylation sites is 1. The maximum atomic E-state index is 12.8. The molecule has 1 saturated carbocycles. The molecule has 1 aromatic heterocycles. The molecule has 1 amide bonds. The molecule has 150 valence electrons. The second-order valence-electron chi connectivity index (χ2n) is 8.70. The summed E-state index contributed by atoms with van der Waals surface area (Å²) in [7, 11) is 0. The van der Waals surface area contributed by atoms with Crippen molar-refractivity contribution < 1.29 is 9.53 Å². The highest BCUT2D eigenvalue weighted by molar-refractivity contribution is 7.18. The van der Waals surface area contributed by atoms with Crippen LogP contribution in [0.1, 0.15) is 37.1 Å². The van der Waals surface area contributed by atoms with Crippen molar-refractivity contribution in [3.8, 4) is 0 Å². The molecular weight excluding hydrogens is 370 g/mol. The Morgan fingerprint density at radius 2 is 2.14 bits per heavy atom. The molecule has 0 radical (unpaired) electrons. The maximum Gasteiger partial charge on any atom is 0.223 e. The number of morpholine rings is 1. The predicted molar refractivity (Wildman–Crippen MR) is 112 cm³/mol. The van der Waals surface area contributed by atoms with E-state index in [4.69, 9.17) is 4.74 Å². The van der Waals surface area contributed by atoms with Gasteiger partial charge in [0.2, 0.25) is 5.91 Å². The summed E-state index contributed by atoms with van der Waals surface area (Å²) in [5.41, 5.74) is 0.908. The van der Waals surface area contributed by atoms with E-state index in [0.29, 0.717) is 6.42 Å². The molecule has 6 heteroatoms. The lowest BCUT2D eigenvalue weighted by molar-refractivity contribution is -0.135. The number of benzene rings is 1. The molecule has 0 bridgehead atoms. The number of ether oxygens (including phenoxy) is 1. The van der Waals surface area contributed by atoms with Gasteiger partial charge in [-0.15, -0.1) is 11.3 Å². The normalized spacial score (nSPS) is 26.2. The van der Waals surface area contributed by atoms with E-state index in [1.165, 1.54) is 30.5 Å². The summed E-state index contributed by atoms with van der Waals surface area (Å²) in [6, 6.07) is 8.19. The molecule has 1 spiro atoms. The highest BCUT2D eigenvalue weighted by Gasteiger charge is 2.44. The van der Waals surface area contributed by atoms with Crippen molar-refractivity contribution in [2.45, 2.75) is 44.1 Å². The average molecular weight is 400 g/mol. The van der Waals surface area contributed by atoms with Crippen molar-refractivity contribution in [1.82, 2.24) is 14.8 Å². The van der Waals surface area contributed by atoms with Gasteiger partial charge in [0.15, 0.2) is 0 Å². The van der Waals surface area contributed by atoms with Crippen LogP contribution < -0.4 is 0 Å². The van der Waals surface area contributed by atoms with Crippen molar-refractivity contribution >= 4 is 27.5 Å². The van der Waals surface area contributed by atoms with Gasteiger partial charge in [-0.3, -0.25) is 9.69 Å². The first kappa shape index (κ1) is 18.5. The number of hydrogen-bond donors (Lipinski definition) is 0. The van der Waals surface area contributed by atoms with E-state index in [1.54, 1.807) is 11.3 Å². The number of nitrogens with zero attached hydrogens (tertiary/aromatic N) is 3. The number of amides is 1. The number of rotatable bonds is 5. The number of aromatic nitrogens is 1. The van der Waals surface area contributed by atoms with Crippen molar-refractivity contribution in [3.63, 3.8) is 0 Å². The fourth-order valence-electron chi connectivity index (χ4n) is 4.82. The first-order chi connectivity index (χ1) is 13.7. The van der Waals surface area contributed by atoms with Gasteiger partial charge in [0.1, 0.15) is 5.60 Å². The number of thiazole rings is 1. The van der Waals surface area contributed by atoms with Crippen molar-refractivity contribution in [2.24, 2.45) is 5.92 Å². The van der Waals surface area contributed by atoms with Gasteiger partial charge in [-0.1, -0.05) is 18.6 Å². The van der Waals surface area contributed by atoms with Gasteiger partial charge in [-0.25, -0.2) is 4.98 Å². The molecule has 2 saturated heterocycles. The highest BCUT2D eigenvalue weighted by Crippen LogP contribution is 2.33. The zero-order valence-corrected chi connectivity index (χ0v) is 17.3. The molecule has 3 fully saturated rings. The summed E-state index contributed by atoms with van der Waals surface area (Å²) >= 11 is 1.70. The predicted octanol–water partition coefficient (Wildman–Crippen LogP) is 3.33. The van der Waals surface area contributed by atoms with Crippen LogP contribution in [0.4, 0.5) is 0 Å². The summed E-state index contributed by atoms with van der Waals surface area (Å²) < 4.78 is 7.43. The summed E-state index contributed by atoms with van der Waals surface area (Å²) in [5.74, 6) is 1.14. The van der Waals surface area contributed by atoms with E-state index in [0.717, 1.165) is 62.1 Å². The van der Waals surface area contributed by atoms with Crippen molar-refractivity contribution in [2.75, 3.05) is 39.3 Å². The van der Waals surface area contributed by atoms with Gasteiger partial charge in [0, 0.05) is 39.0 Å². The van der Waals surface area contributed by atoms with Crippen LogP contribution in [0.25, 0.3) is 10.2 Å². The first-order valence-electron chi connectivity index (χ1n) is 10.7. The third-order valence-electron chi connectivity index (χ3n) is 6.63. The number of likely N-dealkylation sites (tertiary alicyclic amines) is 1. The van der Waals surface area contributed by atoms with Gasteiger partial charge in [0.05, 0.1) is 28.4 Å². The van der Waals surface area contributed by atoms with E-state index in [2.05, 4.69) is 16.0 Å². The summed E-state index contributed by atoms with van der Waals surface area (Å²) in [4.78, 5) is 22.1. The monoisotopic (exact) mass is 399 g/mol. The van der Waals surface area contributed by atoms with Crippen LogP contribution in [0.5, 0.6) is 0 Å². The number of carbonyl (C=O) groups excluding carboxylic acids is 1. The summed E-state index contributed by atoms with van der Waals surface area (Å²) in [6.45, 7) is 5.65. The lowest BCUT2D eigenvalue weighted by atomic mass is 9.84. The molecule has 1 unspecified atom stereocenters. The SMILES string of the molecule is O=C(CCc1nc2ccccc2s1)N1CCC2(CN(CC3CCC3)CCO2)C1. The Kier molecular flexibility index (Phi) is 5.11. The summed E-state index contributed by atoms with van der Waals surface area (Å²) in [5, 5.41) is 1.06. The van der Waals surface area contributed by atoms with Crippen LogP contribution in [-0.4, -0.2) is 65.6 Å². The Bertz CT molecular complexity index is 816. The minimum atomic E-state index is -0.131. The Morgan fingerprint density at radius 3 is 2.96 bits per heavy atom. The highest BCUT2D eigenvalue weighted by atomic mass is 32.1. The molecule has 28 heavy (non-hydrogen) atoms. The third kappa shape index (κ3) is 3.82. The quantitative estimate of drug-likeness (QED) is 0.774. The fraction of sp³-hybridized carbons (Fsp3) is 0.636. The standard InChI is InChI=1S/C22H29N3O2S/c26-21(9-8-20-23-18-6-1-2-7-19(18)28-20)25-11-10-22(16-25)15-24(12-13-27-22)14-17-4-3-5-17/h1-2,6-7,17H,3-5,8-16H2. The van der Waals surface area contributed by atoms with Crippen LogP contribution in [-0.2, 0) is 16.0 Å². The van der Waals surface area contributed by atoms with Crippen molar-refractivity contribution in [1.29, 1.82) is 0 Å². The largest absolute Gasteiger partial charge is 0.370 e. The van der Waals surface area contributed by atoms with Crippen LogP contribution in [0.3, 0.4) is 0 Å². The Hall–Kier alpha value is -1.50. The molecule has 0 N–H and O–H groups in total. The average Bonchev–Trinajstić information content (AvgIpc) is 3.27. The lowest BCUT2D eigenvalue weighted by Crippen LogP contribution is -2.54. The third-order valence-corrected chi connectivity index (χ3v) is 7.72. The van der Waals surface area contributed by atoms with Crippen LogP contribution >= 0.6 is 11.3 Å². The summed E-state index contributed by atoms with van der Waals surface area (Å²) in [6.07, 6.45) is 6.43. The van der Waals surface area contributed by atoms with E-state index in [9.17, 15) is 4.79 Å². The zero-order chi connectivity index (χ0) is 19.0. The molecule has 1 aliphatic carbocycles. The fourth-order valence-corrected chi connectivity index (χ4v) is 5.79. The second kappa shape index (κ2) is 7.73. The number of fused-ring (bicyclic) bond motifs is 1. The van der Waals surface area contributed by atoms with E-state index >= 15 is 0 Å². The smallest absolute Gasteiger partial charge is 0.223 e. The maximum absolute atomic E-state index is 12.8. The first-order valence-corrected chi connectivity index (χ1v) is 11.5. The topological polar surface area (TPSA) is 45.7 Å². The molecular formula is C22H29N3O2S. The van der Waals surface area contributed by atoms with Gasteiger partial charge < -0.3 is 9.64 Å². The molecule has 3 heterocycles. The van der Waals surface area contributed by atoms with E-state index < -0.39 is 0 Å². The molecule has 2 aromatic rings. The zero-order valence-electron chi connectivity index (χ0n) is 16.4. The molecule has 3 aliphatic rings. The number of carbonyl (C=O) groups is 1.